The number of likely N-dealkylation sites (N-methyl/N-ethyl adjacent to an activating group) is 1. The summed E-state index contributed by atoms with van der Waals surface area (Å²) < 4.78 is 40.1. The highest BCUT2D eigenvalue weighted by Crippen LogP contribution is 2.21. The summed E-state index contributed by atoms with van der Waals surface area (Å²) in [5.41, 5.74) is 2.72. The summed E-state index contributed by atoms with van der Waals surface area (Å²) in [4.78, 5) is 28.5. The number of halogens is 1. The van der Waals surface area contributed by atoms with Crippen molar-refractivity contribution in [2.45, 2.75) is 32.9 Å². The molecule has 0 aromatic heterocycles. The minimum absolute atomic E-state index is 0.0313. The first kappa shape index (κ1) is 27.9. The highest BCUT2D eigenvalue weighted by Gasteiger charge is 2.32. The first-order valence-corrected chi connectivity index (χ1v) is 13.8. The predicted octanol–water partition coefficient (Wildman–Crippen LogP) is 3.68. The maximum absolute atomic E-state index is 13.9. The van der Waals surface area contributed by atoms with Crippen LogP contribution in [0.5, 0.6) is 0 Å². The van der Waals surface area contributed by atoms with Crippen molar-refractivity contribution >= 4 is 27.5 Å². The second-order valence-corrected chi connectivity index (χ2v) is 10.8. The molecule has 0 fully saturated rings. The second kappa shape index (κ2) is 12.5. The standard InChI is InChI=1S/C28H32FN3O4S/c1-4-30-28(34)26(17-22-9-6-5-7-10-22)31(19-23-15-13-21(2)14-16-23)27(33)20-32(37(3,35)36)25-12-8-11-24(29)18-25/h5-16,18,26H,4,17,19-20H2,1-3H3,(H,30,34)/t26-/m0/s1. The molecule has 0 saturated carbocycles. The topological polar surface area (TPSA) is 86.8 Å². The van der Waals surface area contributed by atoms with Gasteiger partial charge in [0.25, 0.3) is 0 Å². The molecule has 1 atom stereocenters. The largest absolute Gasteiger partial charge is 0.355 e. The minimum atomic E-state index is -3.94. The van der Waals surface area contributed by atoms with Crippen LogP contribution in [0.3, 0.4) is 0 Å². The summed E-state index contributed by atoms with van der Waals surface area (Å²) in [5, 5.41) is 2.80. The monoisotopic (exact) mass is 525 g/mol. The van der Waals surface area contributed by atoms with Gasteiger partial charge >= 0.3 is 0 Å². The van der Waals surface area contributed by atoms with Crippen molar-refractivity contribution in [2.24, 2.45) is 0 Å². The molecule has 0 aliphatic carbocycles. The lowest BCUT2D eigenvalue weighted by Crippen LogP contribution is -2.53. The van der Waals surface area contributed by atoms with Gasteiger partial charge in [0, 0.05) is 19.5 Å². The summed E-state index contributed by atoms with van der Waals surface area (Å²) in [6, 6.07) is 21.0. The van der Waals surface area contributed by atoms with E-state index in [2.05, 4.69) is 5.32 Å². The number of benzene rings is 3. The highest BCUT2D eigenvalue weighted by molar-refractivity contribution is 7.92. The van der Waals surface area contributed by atoms with Crippen LogP contribution in [0.1, 0.15) is 23.6 Å². The molecular weight excluding hydrogens is 493 g/mol. The number of anilines is 1. The van der Waals surface area contributed by atoms with Gasteiger partial charge in [0.2, 0.25) is 21.8 Å². The van der Waals surface area contributed by atoms with Crippen LogP contribution in [-0.2, 0) is 32.6 Å². The van der Waals surface area contributed by atoms with Crippen LogP contribution in [0.4, 0.5) is 10.1 Å². The van der Waals surface area contributed by atoms with Gasteiger partial charge in [-0.1, -0.05) is 66.2 Å². The number of nitrogens with zero attached hydrogens (tertiary/aromatic N) is 2. The number of nitrogens with one attached hydrogen (secondary N) is 1. The van der Waals surface area contributed by atoms with E-state index in [4.69, 9.17) is 0 Å². The maximum atomic E-state index is 13.9. The van der Waals surface area contributed by atoms with Crippen LogP contribution in [0.2, 0.25) is 0 Å². The van der Waals surface area contributed by atoms with Crippen molar-refractivity contribution < 1.29 is 22.4 Å². The zero-order valence-corrected chi connectivity index (χ0v) is 22.0. The Labute approximate surface area is 218 Å². The van der Waals surface area contributed by atoms with Gasteiger partial charge in [-0.15, -0.1) is 0 Å². The van der Waals surface area contributed by atoms with E-state index in [0.29, 0.717) is 6.54 Å². The predicted molar refractivity (Wildman–Crippen MR) is 143 cm³/mol. The molecule has 0 aliphatic rings. The van der Waals surface area contributed by atoms with Crippen LogP contribution in [0.15, 0.2) is 78.9 Å². The van der Waals surface area contributed by atoms with Gasteiger partial charge < -0.3 is 10.2 Å². The maximum Gasteiger partial charge on any atom is 0.244 e. The van der Waals surface area contributed by atoms with E-state index >= 15 is 0 Å². The Morgan fingerprint density at radius 1 is 0.946 bits per heavy atom. The first-order chi connectivity index (χ1) is 17.6. The zero-order valence-electron chi connectivity index (χ0n) is 21.2. The second-order valence-electron chi connectivity index (χ2n) is 8.86. The van der Waals surface area contributed by atoms with Crippen LogP contribution >= 0.6 is 0 Å². The normalized spacial score (nSPS) is 12.0. The zero-order chi connectivity index (χ0) is 27.0. The fourth-order valence-corrected chi connectivity index (χ4v) is 4.82. The van der Waals surface area contributed by atoms with Crippen LogP contribution in [-0.4, -0.2) is 50.5 Å². The summed E-state index contributed by atoms with van der Waals surface area (Å²) >= 11 is 0. The van der Waals surface area contributed by atoms with E-state index in [1.54, 1.807) is 6.92 Å². The van der Waals surface area contributed by atoms with Gasteiger partial charge in [-0.25, -0.2) is 12.8 Å². The fourth-order valence-electron chi connectivity index (χ4n) is 3.98. The lowest BCUT2D eigenvalue weighted by Gasteiger charge is -2.33. The number of hydrogen-bond acceptors (Lipinski definition) is 4. The van der Waals surface area contributed by atoms with Crippen LogP contribution < -0.4 is 9.62 Å². The molecule has 196 valence electrons. The Morgan fingerprint density at radius 2 is 1.62 bits per heavy atom. The Hall–Kier alpha value is -3.72. The lowest BCUT2D eigenvalue weighted by atomic mass is 10.0. The summed E-state index contributed by atoms with van der Waals surface area (Å²) in [6.07, 6.45) is 1.20. The molecule has 0 radical (unpaired) electrons. The van der Waals surface area contributed by atoms with Crippen LogP contribution in [0.25, 0.3) is 0 Å². The van der Waals surface area contributed by atoms with Gasteiger partial charge in [0.1, 0.15) is 18.4 Å². The van der Waals surface area contributed by atoms with Crippen molar-refractivity contribution in [1.29, 1.82) is 0 Å². The van der Waals surface area contributed by atoms with Gasteiger partial charge in [-0.3, -0.25) is 13.9 Å². The molecule has 1 N–H and O–H groups in total. The number of rotatable bonds is 11. The molecule has 7 nitrogen and oxygen atoms in total. The molecule has 0 saturated heterocycles. The Kier molecular flexibility index (Phi) is 9.41. The van der Waals surface area contributed by atoms with Crippen molar-refractivity contribution in [3.8, 4) is 0 Å². The molecule has 0 heterocycles. The molecular formula is C28H32FN3O4S. The average molecular weight is 526 g/mol. The van der Waals surface area contributed by atoms with Crippen molar-refractivity contribution in [3.63, 3.8) is 0 Å². The SMILES string of the molecule is CCNC(=O)[C@H](Cc1ccccc1)N(Cc1ccc(C)cc1)C(=O)CN(c1cccc(F)c1)S(C)(=O)=O. The number of carbonyl (C=O) groups is 2. The quantitative estimate of drug-likeness (QED) is 0.414. The Balaban J connectivity index is 2.03. The van der Waals surface area contributed by atoms with Gasteiger partial charge in [0.15, 0.2) is 0 Å². The lowest BCUT2D eigenvalue weighted by molar-refractivity contribution is -0.140. The van der Waals surface area contributed by atoms with Crippen molar-refractivity contribution in [2.75, 3.05) is 23.7 Å². The number of carbonyl (C=O) groups excluding carboxylic acids is 2. The summed E-state index contributed by atoms with van der Waals surface area (Å²) in [5.74, 6) is -1.55. The molecule has 3 rings (SSSR count). The van der Waals surface area contributed by atoms with E-state index in [0.717, 1.165) is 33.3 Å². The molecule has 0 unspecified atom stereocenters. The third-order valence-electron chi connectivity index (χ3n) is 5.87. The molecule has 3 aromatic rings. The number of aryl methyl sites for hydroxylation is 1. The Bertz CT molecular complexity index is 1310. The van der Waals surface area contributed by atoms with E-state index in [1.807, 2.05) is 61.5 Å². The minimum Gasteiger partial charge on any atom is -0.355 e. The highest BCUT2D eigenvalue weighted by atomic mass is 32.2. The number of sulfonamides is 1. The van der Waals surface area contributed by atoms with Crippen LogP contribution in [0, 0.1) is 12.7 Å². The Morgan fingerprint density at radius 3 is 2.22 bits per heavy atom. The number of hydrogen-bond donors (Lipinski definition) is 1. The van der Waals surface area contributed by atoms with Crippen molar-refractivity contribution in [3.05, 3.63) is 101 Å². The molecule has 0 bridgehead atoms. The summed E-state index contributed by atoms with van der Waals surface area (Å²) in [7, 11) is -3.94. The van der Waals surface area contributed by atoms with E-state index < -0.39 is 34.3 Å². The van der Waals surface area contributed by atoms with E-state index in [-0.39, 0.29) is 24.6 Å². The summed E-state index contributed by atoms with van der Waals surface area (Å²) in [6.45, 7) is 3.62. The van der Waals surface area contributed by atoms with E-state index in [1.165, 1.54) is 23.1 Å². The molecule has 0 aliphatic heterocycles. The van der Waals surface area contributed by atoms with E-state index in [9.17, 15) is 22.4 Å². The third kappa shape index (κ3) is 7.88. The first-order valence-electron chi connectivity index (χ1n) is 12.0. The van der Waals surface area contributed by atoms with Gasteiger partial charge in [-0.2, -0.15) is 0 Å². The van der Waals surface area contributed by atoms with Crippen molar-refractivity contribution in [1.82, 2.24) is 10.2 Å². The number of amides is 2. The van der Waals surface area contributed by atoms with Gasteiger partial charge in [0.05, 0.1) is 11.9 Å². The smallest absolute Gasteiger partial charge is 0.244 e. The van der Waals surface area contributed by atoms with Gasteiger partial charge in [-0.05, 0) is 43.2 Å². The third-order valence-corrected chi connectivity index (χ3v) is 7.01. The molecule has 0 spiro atoms. The molecule has 2 amide bonds. The average Bonchev–Trinajstić information content (AvgIpc) is 2.85. The molecule has 37 heavy (non-hydrogen) atoms. The molecule has 3 aromatic carbocycles. The fraction of sp³-hybridized carbons (Fsp3) is 0.286. The molecule has 9 heteroatoms.